The summed E-state index contributed by atoms with van der Waals surface area (Å²) in [7, 11) is 0. The van der Waals surface area contributed by atoms with Gasteiger partial charge in [-0.2, -0.15) is 4.80 Å². The Morgan fingerprint density at radius 1 is 1.24 bits per heavy atom. The average Bonchev–Trinajstić information content (AvgIpc) is 3.37. The summed E-state index contributed by atoms with van der Waals surface area (Å²) in [6.07, 6.45) is 5.51. The van der Waals surface area contributed by atoms with Gasteiger partial charge in [0.2, 0.25) is 5.82 Å². The zero-order valence-corrected chi connectivity index (χ0v) is 19.2. The molecule has 4 rings (SSSR count). The standard InChI is InChI=1S/C23H28N8O2/c1-14(2)13-31-28-21(27-29-31)17-7-8-30(23(3,4)11-17)22(33)25-12-15-5-6-16-10-19(20(24)32)26-18(16)9-15/h5-11,14,26H,12-13H2,1-4H3,(H2,24,32)(H,25,33). The molecule has 0 fully saturated rings. The highest BCUT2D eigenvalue weighted by atomic mass is 16.2. The van der Waals surface area contributed by atoms with Crippen LogP contribution in [-0.2, 0) is 13.1 Å². The lowest BCUT2D eigenvalue weighted by molar-refractivity contribution is 0.0996. The van der Waals surface area contributed by atoms with Crippen molar-refractivity contribution in [3.8, 4) is 0 Å². The van der Waals surface area contributed by atoms with Gasteiger partial charge in [0, 0.05) is 29.2 Å². The molecule has 0 bridgehead atoms. The van der Waals surface area contributed by atoms with E-state index in [4.69, 9.17) is 5.73 Å². The number of carbonyl (C=O) groups excluding carboxylic acids is 2. The van der Waals surface area contributed by atoms with Crippen molar-refractivity contribution in [2.45, 2.75) is 46.3 Å². The Kier molecular flexibility index (Phi) is 5.75. The Balaban J connectivity index is 1.43. The smallest absolute Gasteiger partial charge is 0.322 e. The van der Waals surface area contributed by atoms with Crippen molar-refractivity contribution in [3.63, 3.8) is 0 Å². The Labute approximate surface area is 191 Å². The van der Waals surface area contributed by atoms with Crippen LogP contribution in [0.2, 0.25) is 0 Å². The Bertz CT molecular complexity index is 1260. The first-order valence-corrected chi connectivity index (χ1v) is 10.8. The number of primary amides is 1. The van der Waals surface area contributed by atoms with Gasteiger partial charge < -0.3 is 16.0 Å². The van der Waals surface area contributed by atoms with E-state index in [9.17, 15) is 9.59 Å². The molecular formula is C23H28N8O2. The van der Waals surface area contributed by atoms with E-state index in [0.29, 0.717) is 30.5 Å². The van der Waals surface area contributed by atoms with Crippen LogP contribution in [0.15, 0.2) is 42.6 Å². The minimum atomic E-state index is -0.586. The zero-order valence-electron chi connectivity index (χ0n) is 19.2. The summed E-state index contributed by atoms with van der Waals surface area (Å²) in [6, 6.07) is 7.17. The number of aromatic nitrogens is 5. The number of nitrogens with two attached hydrogens (primary N) is 1. The maximum atomic E-state index is 12.9. The molecule has 3 heterocycles. The second kappa shape index (κ2) is 8.53. The minimum absolute atomic E-state index is 0.229. The number of benzene rings is 1. The molecule has 4 N–H and O–H groups in total. The number of H-pyrrole nitrogens is 1. The van der Waals surface area contributed by atoms with E-state index in [1.54, 1.807) is 22.0 Å². The summed E-state index contributed by atoms with van der Waals surface area (Å²) < 4.78 is 0. The summed E-state index contributed by atoms with van der Waals surface area (Å²) in [4.78, 5) is 30.5. The van der Waals surface area contributed by atoms with Gasteiger partial charge >= 0.3 is 6.03 Å². The number of amides is 3. The van der Waals surface area contributed by atoms with Gasteiger partial charge in [-0.05, 0) is 54.8 Å². The van der Waals surface area contributed by atoms with Crippen LogP contribution in [-0.4, -0.2) is 47.6 Å². The number of carbonyl (C=O) groups is 2. The molecule has 3 amide bonds. The third kappa shape index (κ3) is 4.79. The minimum Gasteiger partial charge on any atom is -0.364 e. The average molecular weight is 449 g/mol. The van der Waals surface area contributed by atoms with E-state index in [0.717, 1.165) is 22.0 Å². The number of allylic oxidation sites excluding steroid dienone is 2. The quantitative estimate of drug-likeness (QED) is 0.533. The van der Waals surface area contributed by atoms with Crippen LogP contribution in [0, 0.1) is 5.92 Å². The molecular weight excluding hydrogens is 420 g/mol. The van der Waals surface area contributed by atoms with Crippen LogP contribution in [0.5, 0.6) is 0 Å². The fraction of sp³-hybridized carbons (Fsp3) is 0.348. The molecule has 1 aliphatic heterocycles. The van der Waals surface area contributed by atoms with Crippen LogP contribution < -0.4 is 11.1 Å². The molecule has 172 valence electrons. The van der Waals surface area contributed by atoms with Gasteiger partial charge in [0.05, 0.1) is 12.1 Å². The van der Waals surface area contributed by atoms with Crippen molar-refractivity contribution in [2.75, 3.05) is 0 Å². The first-order valence-electron chi connectivity index (χ1n) is 10.8. The highest BCUT2D eigenvalue weighted by Crippen LogP contribution is 2.28. The first-order chi connectivity index (χ1) is 15.6. The molecule has 0 radical (unpaired) electrons. The number of hydrogen-bond donors (Lipinski definition) is 3. The van der Waals surface area contributed by atoms with Crippen LogP contribution >= 0.6 is 0 Å². The molecule has 2 aromatic heterocycles. The van der Waals surface area contributed by atoms with E-state index >= 15 is 0 Å². The third-order valence-corrected chi connectivity index (χ3v) is 5.39. The van der Waals surface area contributed by atoms with Crippen molar-refractivity contribution >= 4 is 28.4 Å². The highest BCUT2D eigenvalue weighted by molar-refractivity contribution is 5.97. The fourth-order valence-electron chi connectivity index (χ4n) is 3.76. The van der Waals surface area contributed by atoms with Crippen molar-refractivity contribution < 1.29 is 9.59 Å². The van der Waals surface area contributed by atoms with Gasteiger partial charge in [0.1, 0.15) is 5.69 Å². The SMILES string of the molecule is CC(C)Cn1nnc(C2=CC(C)(C)N(C(=O)NCc3ccc4cc(C(N)=O)[nH]c4c3)C=C2)n1. The maximum absolute atomic E-state index is 12.9. The molecule has 0 unspecified atom stereocenters. The Morgan fingerprint density at radius 3 is 2.73 bits per heavy atom. The normalized spacial score (nSPS) is 15.2. The van der Waals surface area contributed by atoms with Gasteiger partial charge in [-0.15, -0.1) is 10.2 Å². The van der Waals surface area contributed by atoms with Crippen LogP contribution in [0.3, 0.4) is 0 Å². The lowest BCUT2D eigenvalue weighted by Gasteiger charge is -2.36. The summed E-state index contributed by atoms with van der Waals surface area (Å²) in [5.74, 6) is 0.446. The predicted octanol–water partition coefficient (Wildman–Crippen LogP) is 2.81. The molecule has 0 aliphatic carbocycles. The number of rotatable bonds is 6. The van der Waals surface area contributed by atoms with E-state index in [1.165, 1.54) is 0 Å². The summed E-state index contributed by atoms with van der Waals surface area (Å²) in [5.41, 5.74) is 7.61. The summed E-state index contributed by atoms with van der Waals surface area (Å²) in [6.45, 7) is 9.12. The zero-order chi connectivity index (χ0) is 23.8. The molecule has 1 aliphatic rings. The van der Waals surface area contributed by atoms with E-state index < -0.39 is 11.4 Å². The molecule has 0 saturated carbocycles. The number of tetrazole rings is 1. The van der Waals surface area contributed by atoms with Gasteiger partial charge in [-0.1, -0.05) is 26.0 Å². The largest absolute Gasteiger partial charge is 0.364 e. The van der Waals surface area contributed by atoms with Crippen LogP contribution in [0.1, 0.15) is 49.6 Å². The van der Waals surface area contributed by atoms with Crippen LogP contribution in [0.25, 0.3) is 16.5 Å². The third-order valence-electron chi connectivity index (χ3n) is 5.39. The monoisotopic (exact) mass is 448 g/mol. The van der Waals surface area contributed by atoms with Crippen LogP contribution in [0.4, 0.5) is 4.79 Å². The molecule has 10 heteroatoms. The number of aromatic amines is 1. The van der Waals surface area contributed by atoms with Gasteiger partial charge in [0.25, 0.3) is 5.91 Å². The highest BCUT2D eigenvalue weighted by Gasteiger charge is 2.31. The summed E-state index contributed by atoms with van der Waals surface area (Å²) >= 11 is 0. The van der Waals surface area contributed by atoms with Crippen molar-refractivity contribution in [1.29, 1.82) is 0 Å². The second-order valence-corrected chi connectivity index (χ2v) is 9.13. The van der Waals surface area contributed by atoms with Crippen molar-refractivity contribution in [3.05, 3.63) is 59.7 Å². The molecule has 0 spiro atoms. The number of nitrogens with one attached hydrogen (secondary N) is 2. The number of hydrogen-bond acceptors (Lipinski definition) is 5. The topological polar surface area (TPSA) is 135 Å². The van der Waals surface area contributed by atoms with E-state index in [2.05, 4.69) is 39.6 Å². The molecule has 10 nitrogen and oxygen atoms in total. The molecule has 0 atom stereocenters. The first kappa shape index (κ1) is 22.3. The van der Waals surface area contributed by atoms with E-state index in [1.807, 2.05) is 44.2 Å². The van der Waals surface area contributed by atoms with Gasteiger partial charge in [-0.3, -0.25) is 9.69 Å². The van der Waals surface area contributed by atoms with Crippen molar-refractivity contribution in [2.24, 2.45) is 11.7 Å². The molecule has 33 heavy (non-hydrogen) atoms. The Morgan fingerprint density at radius 2 is 2.03 bits per heavy atom. The lowest BCUT2D eigenvalue weighted by Crippen LogP contribution is -2.48. The fourth-order valence-corrected chi connectivity index (χ4v) is 3.76. The summed E-state index contributed by atoms with van der Waals surface area (Å²) in [5, 5.41) is 16.5. The molecule has 3 aromatic rings. The van der Waals surface area contributed by atoms with Gasteiger partial charge in [-0.25, -0.2) is 4.79 Å². The number of urea groups is 1. The number of nitrogens with zero attached hydrogens (tertiary/aromatic N) is 5. The maximum Gasteiger partial charge on any atom is 0.322 e. The molecule has 0 saturated heterocycles. The Hall–Kier alpha value is -3.95. The lowest BCUT2D eigenvalue weighted by atomic mass is 9.96. The molecule has 1 aromatic carbocycles. The van der Waals surface area contributed by atoms with Gasteiger partial charge in [0.15, 0.2) is 0 Å². The van der Waals surface area contributed by atoms with E-state index in [-0.39, 0.29) is 6.03 Å². The predicted molar refractivity (Wildman–Crippen MR) is 125 cm³/mol. The second-order valence-electron chi connectivity index (χ2n) is 9.13. The number of fused-ring (bicyclic) bond motifs is 1. The van der Waals surface area contributed by atoms with Crippen molar-refractivity contribution in [1.82, 2.24) is 35.4 Å².